The van der Waals surface area contributed by atoms with Gasteiger partial charge in [0.15, 0.2) is 5.69 Å². The van der Waals surface area contributed by atoms with Crippen LogP contribution in [0, 0.1) is 0 Å². The Balaban J connectivity index is 1.98. The first-order valence-corrected chi connectivity index (χ1v) is 6.53. The zero-order valence-electron chi connectivity index (χ0n) is 12.0. The lowest BCUT2D eigenvalue weighted by atomic mass is 10.3. The van der Waals surface area contributed by atoms with Crippen LogP contribution in [0.4, 0.5) is 0 Å². The smallest absolute Gasteiger partial charge is 0.271 e. The van der Waals surface area contributed by atoms with Crippen molar-refractivity contribution >= 4 is 5.91 Å². The summed E-state index contributed by atoms with van der Waals surface area (Å²) in [7, 11) is 3.22. The highest BCUT2D eigenvalue weighted by Gasteiger charge is 2.09. The van der Waals surface area contributed by atoms with Gasteiger partial charge < -0.3 is 15.4 Å². The Hall–Kier alpha value is -2.32. The van der Waals surface area contributed by atoms with Crippen LogP contribution in [0.1, 0.15) is 16.1 Å². The fourth-order valence-corrected chi connectivity index (χ4v) is 1.65. The summed E-state index contributed by atoms with van der Waals surface area (Å²) < 4.78 is 6.41. The molecule has 21 heavy (non-hydrogen) atoms. The monoisotopic (exact) mass is 290 g/mol. The molecule has 0 spiro atoms. The average Bonchev–Trinajstić information content (AvgIpc) is 3.01. The first-order valence-electron chi connectivity index (χ1n) is 6.53. The molecule has 8 nitrogen and oxygen atoms in total. The number of hydrogen-bond acceptors (Lipinski definition) is 6. The fourth-order valence-electron chi connectivity index (χ4n) is 1.65. The molecule has 2 aromatic heterocycles. The van der Waals surface area contributed by atoms with E-state index >= 15 is 0 Å². The molecule has 2 rings (SSSR count). The lowest BCUT2D eigenvalue weighted by molar-refractivity contribution is 0.0957. The van der Waals surface area contributed by atoms with E-state index in [9.17, 15) is 4.79 Å². The summed E-state index contributed by atoms with van der Waals surface area (Å²) in [5.74, 6) is 0.179. The minimum absolute atomic E-state index is 0.243. The molecule has 0 saturated carbocycles. The fraction of sp³-hybridized carbons (Fsp3) is 0.385. The summed E-state index contributed by atoms with van der Waals surface area (Å²) in [5, 5.41) is 9.84. The number of nitrogens with one attached hydrogen (secondary N) is 2. The van der Waals surface area contributed by atoms with E-state index in [4.69, 9.17) is 4.74 Å². The summed E-state index contributed by atoms with van der Waals surface area (Å²) in [4.78, 5) is 19.9. The summed E-state index contributed by atoms with van der Waals surface area (Å²) in [6, 6.07) is 1.61. The number of methoxy groups -OCH3 is 1. The normalized spacial score (nSPS) is 10.6. The van der Waals surface area contributed by atoms with Crippen LogP contribution < -0.4 is 10.6 Å². The van der Waals surface area contributed by atoms with Crippen molar-refractivity contribution in [3.05, 3.63) is 35.9 Å². The van der Waals surface area contributed by atoms with Crippen LogP contribution in [0.15, 0.2) is 24.7 Å². The summed E-state index contributed by atoms with van der Waals surface area (Å²) in [6.07, 6.45) is 5.10. The number of hydrogen-bond donors (Lipinski definition) is 2. The van der Waals surface area contributed by atoms with E-state index in [0.717, 1.165) is 12.1 Å². The van der Waals surface area contributed by atoms with Gasteiger partial charge in [-0.2, -0.15) is 5.10 Å². The zero-order chi connectivity index (χ0) is 15.1. The van der Waals surface area contributed by atoms with Crippen LogP contribution in [0.25, 0.3) is 5.95 Å². The molecule has 0 atom stereocenters. The van der Waals surface area contributed by atoms with Crippen LogP contribution in [-0.4, -0.2) is 53.0 Å². The molecule has 0 radical (unpaired) electrons. The van der Waals surface area contributed by atoms with Crippen molar-refractivity contribution < 1.29 is 9.53 Å². The highest BCUT2D eigenvalue weighted by Crippen LogP contribution is 2.03. The molecule has 8 heteroatoms. The molecule has 0 bridgehead atoms. The largest absolute Gasteiger partial charge is 0.383 e. The molecule has 0 aliphatic rings. The molecule has 0 fully saturated rings. The highest BCUT2D eigenvalue weighted by atomic mass is 16.5. The summed E-state index contributed by atoms with van der Waals surface area (Å²) >= 11 is 0. The Morgan fingerprint density at radius 2 is 2.14 bits per heavy atom. The Labute approximate surface area is 122 Å². The standard InChI is InChI=1S/C13H18N6O2/c1-14-12(20)11-3-5-19(18-11)13-16-8-10(9-17-13)7-15-4-6-21-2/h3,5,8-9,15H,4,6-7H2,1-2H3,(H,14,20). The second kappa shape index (κ2) is 7.46. The van der Waals surface area contributed by atoms with Gasteiger partial charge in [0.2, 0.25) is 5.95 Å². The minimum Gasteiger partial charge on any atom is -0.383 e. The van der Waals surface area contributed by atoms with Crippen molar-refractivity contribution in [2.75, 3.05) is 27.3 Å². The van der Waals surface area contributed by atoms with Gasteiger partial charge in [-0.05, 0) is 6.07 Å². The van der Waals surface area contributed by atoms with Gasteiger partial charge in [-0.15, -0.1) is 0 Å². The molecule has 0 saturated heterocycles. The number of carbonyl (C=O) groups is 1. The highest BCUT2D eigenvalue weighted by molar-refractivity contribution is 5.91. The SMILES string of the molecule is CNC(=O)c1ccn(-c2ncc(CNCCOC)cn2)n1. The van der Waals surface area contributed by atoms with E-state index in [-0.39, 0.29) is 5.91 Å². The van der Waals surface area contributed by atoms with Gasteiger partial charge in [0.25, 0.3) is 5.91 Å². The topological polar surface area (TPSA) is 94.0 Å². The van der Waals surface area contributed by atoms with Crippen LogP contribution >= 0.6 is 0 Å². The van der Waals surface area contributed by atoms with Crippen molar-refractivity contribution in [3.63, 3.8) is 0 Å². The first kappa shape index (κ1) is 15.1. The van der Waals surface area contributed by atoms with Gasteiger partial charge in [0.05, 0.1) is 6.61 Å². The molecule has 112 valence electrons. The van der Waals surface area contributed by atoms with Crippen LogP contribution in [0.2, 0.25) is 0 Å². The van der Waals surface area contributed by atoms with E-state index < -0.39 is 0 Å². The number of rotatable bonds is 7. The number of ether oxygens (including phenoxy) is 1. The summed E-state index contributed by atoms with van der Waals surface area (Å²) in [5.41, 5.74) is 1.29. The maximum absolute atomic E-state index is 11.4. The van der Waals surface area contributed by atoms with Crippen molar-refractivity contribution in [3.8, 4) is 5.95 Å². The van der Waals surface area contributed by atoms with Crippen molar-refractivity contribution in [1.29, 1.82) is 0 Å². The van der Waals surface area contributed by atoms with Gasteiger partial charge in [0, 0.05) is 51.4 Å². The van der Waals surface area contributed by atoms with Crippen LogP contribution in [-0.2, 0) is 11.3 Å². The first-order chi connectivity index (χ1) is 10.2. The second-order valence-corrected chi connectivity index (χ2v) is 4.29. The van der Waals surface area contributed by atoms with Crippen molar-refractivity contribution in [1.82, 2.24) is 30.4 Å². The van der Waals surface area contributed by atoms with Gasteiger partial charge >= 0.3 is 0 Å². The third-order valence-corrected chi connectivity index (χ3v) is 2.76. The molecule has 2 heterocycles. The van der Waals surface area contributed by atoms with E-state index in [1.807, 2.05) is 0 Å². The lowest BCUT2D eigenvalue weighted by Gasteiger charge is -2.04. The van der Waals surface area contributed by atoms with E-state index in [1.165, 1.54) is 4.68 Å². The molecule has 2 aromatic rings. The summed E-state index contributed by atoms with van der Waals surface area (Å²) in [6.45, 7) is 2.10. The maximum Gasteiger partial charge on any atom is 0.271 e. The van der Waals surface area contributed by atoms with Crippen molar-refractivity contribution in [2.45, 2.75) is 6.54 Å². The molecule has 1 amide bonds. The van der Waals surface area contributed by atoms with Gasteiger partial charge in [-0.1, -0.05) is 0 Å². The molecule has 0 unspecified atom stereocenters. The van der Waals surface area contributed by atoms with E-state index in [1.54, 1.807) is 38.8 Å². The van der Waals surface area contributed by atoms with Gasteiger partial charge in [-0.3, -0.25) is 4.79 Å². The number of amides is 1. The second-order valence-electron chi connectivity index (χ2n) is 4.29. The number of aromatic nitrogens is 4. The molecule has 0 aliphatic carbocycles. The quantitative estimate of drug-likeness (QED) is 0.683. The minimum atomic E-state index is -0.243. The average molecular weight is 290 g/mol. The van der Waals surface area contributed by atoms with Gasteiger partial charge in [-0.25, -0.2) is 14.6 Å². The maximum atomic E-state index is 11.4. The zero-order valence-corrected chi connectivity index (χ0v) is 12.0. The van der Waals surface area contributed by atoms with Crippen LogP contribution in [0.3, 0.4) is 0 Å². The number of carbonyl (C=O) groups excluding carboxylic acids is 1. The Morgan fingerprint density at radius 3 is 2.81 bits per heavy atom. The third-order valence-electron chi connectivity index (χ3n) is 2.76. The molecule has 0 aliphatic heterocycles. The molecular weight excluding hydrogens is 272 g/mol. The third kappa shape index (κ3) is 4.07. The number of nitrogens with zero attached hydrogens (tertiary/aromatic N) is 4. The van der Waals surface area contributed by atoms with Gasteiger partial charge in [0.1, 0.15) is 0 Å². The molecule has 0 aromatic carbocycles. The van der Waals surface area contributed by atoms with Crippen LogP contribution in [0.5, 0.6) is 0 Å². The van der Waals surface area contributed by atoms with Crippen molar-refractivity contribution in [2.24, 2.45) is 0 Å². The Kier molecular flexibility index (Phi) is 5.35. The predicted molar refractivity (Wildman–Crippen MR) is 76.1 cm³/mol. The Morgan fingerprint density at radius 1 is 1.38 bits per heavy atom. The van der Waals surface area contributed by atoms with E-state index in [2.05, 4.69) is 25.7 Å². The predicted octanol–water partition coefficient (Wildman–Crippen LogP) is -0.242. The Bertz CT molecular complexity index is 581. The molecular formula is C13H18N6O2. The lowest BCUT2D eigenvalue weighted by Crippen LogP contribution is -2.19. The van der Waals surface area contributed by atoms with E-state index in [0.29, 0.717) is 24.8 Å². The molecule has 2 N–H and O–H groups in total.